The Morgan fingerprint density at radius 2 is 1.81 bits per heavy atom. The number of aliphatic carboxylic acids is 1. The van der Waals surface area contributed by atoms with Crippen LogP contribution in [-0.2, 0) is 11.2 Å². The zero-order valence-corrected chi connectivity index (χ0v) is 15.7. The molecule has 2 aromatic rings. The lowest BCUT2D eigenvalue weighted by Crippen LogP contribution is -2.26. The Bertz CT molecular complexity index is 833. The lowest BCUT2D eigenvalue weighted by molar-refractivity contribution is -0.143. The fourth-order valence-corrected chi connectivity index (χ4v) is 4.43. The maximum atomic E-state index is 12.2. The van der Waals surface area contributed by atoms with Crippen molar-refractivity contribution in [3.05, 3.63) is 59.2 Å². The Morgan fingerprint density at radius 3 is 2.52 bits per heavy atom. The molecule has 27 heavy (non-hydrogen) atoms. The van der Waals surface area contributed by atoms with Gasteiger partial charge in [-0.05, 0) is 42.3 Å². The molecule has 2 aromatic carbocycles. The van der Waals surface area contributed by atoms with Crippen LogP contribution < -0.4 is 9.47 Å². The summed E-state index contributed by atoms with van der Waals surface area (Å²) in [6, 6.07) is 14.1. The van der Waals surface area contributed by atoms with Crippen molar-refractivity contribution in [1.82, 2.24) is 4.90 Å². The van der Waals surface area contributed by atoms with E-state index in [0.717, 1.165) is 29.7 Å². The molecule has 0 bridgehead atoms. The standard InChI is InChI=1S/C22H25NO4/c1-3-4-14-5-7-15(8-6-14)21-20(22(24)25)17(12-23(21)2)16-9-10-18-19(11-16)27-13-26-18/h5-11,17,20-21H,3-4,12-13H2,1-2H3,(H,24,25). The van der Waals surface area contributed by atoms with Crippen LogP contribution in [0.4, 0.5) is 0 Å². The highest BCUT2D eigenvalue weighted by Crippen LogP contribution is 2.46. The van der Waals surface area contributed by atoms with Crippen LogP contribution in [0.15, 0.2) is 42.5 Å². The predicted molar refractivity (Wildman–Crippen MR) is 102 cm³/mol. The van der Waals surface area contributed by atoms with E-state index in [4.69, 9.17) is 9.47 Å². The van der Waals surface area contributed by atoms with Crippen LogP contribution in [0.5, 0.6) is 11.5 Å². The minimum Gasteiger partial charge on any atom is -0.481 e. The van der Waals surface area contributed by atoms with E-state index >= 15 is 0 Å². The summed E-state index contributed by atoms with van der Waals surface area (Å²) in [5.41, 5.74) is 3.35. The van der Waals surface area contributed by atoms with Crippen LogP contribution in [0.2, 0.25) is 0 Å². The smallest absolute Gasteiger partial charge is 0.309 e. The molecule has 3 atom stereocenters. The lowest BCUT2D eigenvalue weighted by atomic mass is 9.82. The highest BCUT2D eigenvalue weighted by Gasteiger charge is 2.46. The molecule has 5 heteroatoms. The largest absolute Gasteiger partial charge is 0.481 e. The summed E-state index contributed by atoms with van der Waals surface area (Å²) >= 11 is 0. The first kappa shape index (κ1) is 17.9. The van der Waals surface area contributed by atoms with Crippen LogP contribution in [-0.4, -0.2) is 36.4 Å². The first-order valence-electron chi connectivity index (χ1n) is 9.50. The van der Waals surface area contributed by atoms with Crippen LogP contribution >= 0.6 is 0 Å². The van der Waals surface area contributed by atoms with Crippen molar-refractivity contribution in [2.75, 3.05) is 20.4 Å². The van der Waals surface area contributed by atoms with E-state index in [1.165, 1.54) is 5.56 Å². The molecule has 0 aromatic heterocycles. The van der Waals surface area contributed by atoms with E-state index in [2.05, 4.69) is 36.1 Å². The lowest BCUT2D eigenvalue weighted by Gasteiger charge is -2.24. The molecule has 142 valence electrons. The van der Waals surface area contributed by atoms with Gasteiger partial charge in [-0.25, -0.2) is 0 Å². The van der Waals surface area contributed by atoms with Gasteiger partial charge in [-0.1, -0.05) is 43.7 Å². The van der Waals surface area contributed by atoms with Gasteiger partial charge in [-0.2, -0.15) is 0 Å². The molecule has 0 amide bonds. The summed E-state index contributed by atoms with van der Waals surface area (Å²) in [6.45, 7) is 3.07. The monoisotopic (exact) mass is 367 g/mol. The maximum Gasteiger partial charge on any atom is 0.309 e. The van der Waals surface area contributed by atoms with Crippen LogP contribution in [0, 0.1) is 5.92 Å². The first-order valence-corrected chi connectivity index (χ1v) is 9.50. The molecule has 1 fully saturated rings. The first-order chi connectivity index (χ1) is 13.1. The van der Waals surface area contributed by atoms with E-state index in [1.54, 1.807) is 0 Å². The van der Waals surface area contributed by atoms with Crippen molar-refractivity contribution in [2.45, 2.75) is 31.7 Å². The van der Waals surface area contributed by atoms with E-state index < -0.39 is 11.9 Å². The zero-order valence-electron chi connectivity index (χ0n) is 15.7. The maximum absolute atomic E-state index is 12.2. The summed E-state index contributed by atoms with van der Waals surface area (Å²) in [6.07, 6.45) is 2.15. The SMILES string of the molecule is CCCc1ccc(C2C(C(=O)O)C(c3ccc4c(c3)OCO4)CN2C)cc1. The Labute approximate surface area is 159 Å². The van der Waals surface area contributed by atoms with Gasteiger partial charge in [0.1, 0.15) is 0 Å². The number of carboxylic acid groups (broad SMARTS) is 1. The van der Waals surface area contributed by atoms with Gasteiger partial charge in [0.15, 0.2) is 11.5 Å². The Hall–Kier alpha value is -2.53. The molecule has 1 saturated heterocycles. The second-order valence-corrected chi connectivity index (χ2v) is 7.46. The molecule has 2 aliphatic heterocycles. The number of hydrogen-bond donors (Lipinski definition) is 1. The number of hydrogen-bond acceptors (Lipinski definition) is 4. The number of fused-ring (bicyclic) bond motifs is 1. The van der Waals surface area contributed by atoms with Crippen molar-refractivity contribution in [3.8, 4) is 11.5 Å². The van der Waals surface area contributed by atoms with Gasteiger partial charge in [0.05, 0.1) is 5.92 Å². The van der Waals surface area contributed by atoms with Gasteiger partial charge < -0.3 is 14.6 Å². The number of ether oxygens (including phenoxy) is 2. The van der Waals surface area contributed by atoms with Crippen molar-refractivity contribution >= 4 is 5.97 Å². The van der Waals surface area contributed by atoms with Gasteiger partial charge in [-0.15, -0.1) is 0 Å². The van der Waals surface area contributed by atoms with Gasteiger partial charge in [-0.3, -0.25) is 9.69 Å². The van der Waals surface area contributed by atoms with Crippen molar-refractivity contribution in [2.24, 2.45) is 5.92 Å². The molecule has 1 N–H and O–H groups in total. The van der Waals surface area contributed by atoms with E-state index in [1.807, 2.05) is 25.2 Å². The molecule has 4 rings (SSSR count). The molecule has 2 aliphatic rings. The predicted octanol–water partition coefficient (Wildman–Crippen LogP) is 3.84. The average molecular weight is 367 g/mol. The minimum absolute atomic E-state index is 0.0951. The van der Waals surface area contributed by atoms with Crippen molar-refractivity contribution in [3.63, 3.8) is 0 Å². The van der Waals surface area contributed by atoms with Crippen LogP contribution in [0.3, 0.4) is 0 Å². The molecular weight excluding hydrogens is 342 g/mol. The molecule has 0 aliphatic carbocycles. The Kier molecular flexibility index (Phi) is 4.79. The number of likely N-dealkylation sites (N-methyl/N-ethyl adjacent to an activating group) is 1. The Balaban J connectivity index is 1.66. The third-order valence-corrected chi connectivity index (χ3v) is 5.70. The summed E-state index contributed by atoms with van der Waals surface area (Å²) in [5, 5.41) is 10.0. The summed E-state index contributed by atoms with van der Waals surface area (Å²) in [4.78, 5) is 14.4. The highest BCUT2D eigenvalue weighted by atomic mass is 16.7. The third kappa shape index (κ3) is 3.28. The highest BCUT2D eigenvalue weighted by molar-refractivity contribution is 5.73. The van der Waals surface area contributed by atoms with Crippen LogP contribution in [0.25, 0.3) is 0 Å². The molecule has 0 radical (unpaired) electrons. The second kappa shape index (κ2) is 7.24. The van der Waals surface area contributed by atoms with Gasteiger partial charge in [0.2, 0.25) is 6.79 Å². The second-order valence-electron chi connectivity index (χ2n) is 7.46. The number of aryl methyl sites for hydroxylation is 1. The molecule has 0 spiro atoms. The number of likely N-dealkylation sites (tertiary alicyclic amines) is 1. The van der Waals surface area contributed by atoms with Gasteiger partial charge in [0, 0.05) is 18.5 Å². The fraction of sp³-hybridized carbons (Fsp3) is 0.409. The number of carbonyl (C=O) groups is 1. The number of benzene rings is 2. The fourth-order valence-electron chi connectivity index (χ4n) is 4.43. The van der Waals surface area contributed by atoms with Crippen LogP contribution in [0.1, 0.15) is 42.0 Å². The van der Waals surface area contributed by atoms with Gasteiger partial charge in [0.25, 0.3) is 0 Å². The van der Waals surface area contributed by atoms with Crippen molar-refractivity contribution in [1.29, 1.82) is 0 Å². The van der Waals surface area contributed by atoms with E-state index in [9.17, 15) is 9.90 Å². The summed E-state index contributed by atoms with van der Waals surface area (Å²) in [5.74, 6) is 0.0612. The summed E-state index contributed by atoms with van der Waals surface area (Å²) < 4.78 is 10.9. The number of carboxylic acids is 1. The third-order valence-electron chi connectivity index (χ3n) is 5.70. The van der Waals surface area contributed by atoms with Gasteiger partial charge >= 0.3 is 5.97 Å². The Morgan fingerprint density at radius 1 is 1.11 bits per heavy atom. The normalized spacial score (nSPS) is 24.3. The van der Waals surface area contributed by atoms with E-state index in [-0.39, 0.29) is 18.8 Å². The molecular formula is C22H25NO4. The molecule has 5 nitrogen and oxygen atoms in total. The van der Waals surface area contributed by atoms with Crippen molar-refractivity contribution < 1.29 is 19.4 Å². The quantitative estimate of drug-likeness (QED) is 0.870. The minimum atomic E-state index is -0.760. The summed E-state index contributed by atoms with van der Waals surface area (Å²) in [7, 11) is 2.01. The molecule has 2 heterocycles. The topological polar surface area (TPSA) is 59.0 Å². The zero-order chi connectivity index (χ0) is 19.0. The molecule has 0 saturated carbocycles. The molecule has 3 unspecified atom stereocenters. The number of rotatable bonds is 5. The van der Waals surface area contributed by atoms with E-state index in [0.29, 0.717) is 12.3 Å². The number of nitrogens with zero attached hydrogens (tertiary/aromatic N) is 1. The average Bonchev–Trinajstić information content (AvgIpc) is 3.26.